The van der Waals surface area contributed by atoms with Crippen molar-refractivity contribution in [2.24, 2.45) is 0 Å². The number of benzene rings is 4. The number of carbonyl (C=O) groups excluding carboxylic acids is 1. The third-order valence-electron chi connectivity index (χ3n) is 8.74. The molecule has 0 bridgehead atoms. The van der Waals surface area contributed by atoms with Crippen molar-refractivity contribution in [2.75, 3.05) is 53.1 Å². The Morgan fingerprint density at radius 2 is 1.43 bits per heavy atom. The molecule has 7 nitrogen and oxygen atoms in total. The molecule has 2 aliphatic heterocycles. The molecule has 4 aromatic rings. The molecule has 0 aliphatic carbocycles. The van der Waals surface area contributed by atoms with E-state index >= 15 is 0 Å². The quantitative estimate of drug-likeness (QED) is 0.185. The van der Waals surface area contributed by atoms with Crippen molar-refractivity contribution in [1.82, 2.24) is 20.0 Å². The van der Waals surface area contributed by atoms with Crippen molar-refractivity contribution >= 4 is 12.0 Å². The van der Waals surface area contributed by atoms with Crippen LogP contribution in [0.25, 0.3) is 17.2 Å². The van der Waals surface area contributed by atoms with E-state index in [1.165, 1.54) is 22.3 Å². The highest BCUT2D eigenvalue weighted by atomic mass is 16.7. The molecule has 0 radical (unpaired) electrons. The van der Waals surface area contributed by atoms with Crippen molar-refractivity contribution in [2.45, 2.75) is 26.1 Å². The number of nitrogens with one attached hydrogen (secondary N) is 1. The molecule has 1 amide bonds. The second kappa shape index (κ2) is 15.7. The summed E-state index contributed by atoms with van der Waals surface area (Å²) in [7, 11) is 2.18. The van der Waals surface area contributed by atoms with Gasteiger partial charge in [0.05, 0.1) is 0 Å². The fraction of sp³-hybridized carbons (Fsp3) is 0.308. The van der Waals surface area contributed by atoms with Crippen LogP contribution in [0.4, 0.5) is 0 Å². The van der Waals surface area contributed by atoms with Crippen molar-refractivity contribution in [3.8, 4) is 22.6 Å². The van der Waals surface area contributed by atoms with Crippen molar-refractivity contribution < 1.29 is 14.3 Å². The van der Waals surface area contributed by atoms with Crippen LogP contribution in [-0.4, -0.2) is 73.7 Å². The summed E-state index contributed by atoms with van der Waals surface area (Å²) in [4.78, 5) is 20.2. The molecule has 2 aliphatic rings. The largest absolute Gasteiger partial charge is 0.454 e. The number of carbonyl (C=O) groups is 1. The lowest BCUT2D eigenvalue weighted by atomic mass is 10.0. The lowest BCUT2D eigenvalue weighted by Gasteiger charge is -2.33. The number of hydrogen-bond acceptors (Lipinski definition) is 6. The number of ether oxygens (including phenoxy) is 2. The first-order valence-corrected chi connectivity index (χ1v) is 16.3. The summed E-state index contributed by atoms with van der Waals surface area (Å²) < 4.78 is 10.9. The molecule has 7 heteroatoms. The van der Waals surface area contributed by atoms with Crippen LogP contribution in [-0.2, 0) is 24.4 Å². The first kappa shape index (κ1) is 31.5. The van der Waals surface area contributed by atoms with E-state index in [4.69, 9.17) is 9.47 Å². The Morgan fingerprint density at radius 1 is 0.783 bits per heavy atom. The minimum atomic E-state index is 0.0500. The van der Waals surface area contributed by atoms with Crippen molar-refractivity contribution in [1.29, 1.82) is 0 Å². The monoisotopic (exact) mass is 616 g/mol. The SMILES string of the molecule is CN1CCN(CCCN(Cc2ccc(-c3ccc(CNCc4ccc5c(c4)OCO5)cc3)cc2)C(=O)/C=C/c2ccccc2)CC1. The minimum Gasteiger partial charge on any atom is -0.454 e. The van der Waals surface area contributed by atoms with Crippen LogP contribution < -0.4 is 14.8 Å². The average molecular weight is 617 g/mol. The zero-order valence-electron chi connectivity index (χ0n) is 26.7. The standard InChI is InChI=1S/C39H44N4O3/c1-41-22-24-42(25-23-41)20-5-21-43(39(44)19-13-31-6-3-2-4-7-31)29-33-10-16-36(17-11-33)35-14-8-32(9-15-35)27-40-28-34-12-18-37-38(26-34)46-30-45-37/h2-4,6-19,26,40H,5,20-25,27-30H2,1H3/b19-13+. The van der Waals surface area contributed by atoms with Gasteiger partial charge in [0.15, 0.2) is 11.5 Å². The van der Waals surface area contributed by atoms with E-state index in [0.29, 0.717) is 13.3 Å². The Bertz CT molecular complexity index is 1580. The number of hydrogen-bond donors (Lipinski definition) is 1. The first-order chi connectivity index (χ1) is 22.6. The Balaban J connectivity index is 1.03. The molecule has 46 heavy (non-hydrogen) atoms. The molecule has 0 atom stereocenters. The lowest BCUT2D eigenvalue weighted by molar-refractivity contribution is -0.126. The average Bonchev–Trinajstić information content (AvgIpc) is 3.57. The van der Waals surface area contributed by atoms with E-state index < -0.39 is 0 Å². The molecule has 0 saturated carbocycles. The Labute approximate surface area is 273 Å². The summed E-state index contributed by atoms with van der Waals surface area (Å²) in [6.45, 7) is 8.59. The highest BCUT2D eigenvalue weighted by Crippen LogP contribution is 2.32. The lowest BCUT2D eigenvalue weighted by Crippen LogP contribution is -2.45. The normalized spacial score (nSPS) is 15.0. The second-order valence-electron chi connectivity index (χ2n) is 12.2. The third kappa shape index (κ3) is 8.85. The van der Waals surface area contributed by atoms with Gasteiger partial charge in [-0.3, -0.25) is 4.79 Å². The Kier molecular flexibility index (Phi) is 10.8. The maximum atomic E-state index is 13.4. The molecule has 4 aromatic carbocycles. The van der Waals surface area contributed by atoms with Crippen LogP contribution >= 0.6 is 0 Å². The van der Waals surface area contributed by atoms with Gasteiger partial charge in [-0.1, -0.05) is 84.9 Å². The van der Waals surface area contributed by atoms with Crippen molar-refractivity contribution in [3.05, 3.63) is 125 Å². The van der Waals surface area contributed by atoms with Crippen molar-refractivity contribution in [3.63, 3.8) is 0 Å². The van der Waals surface area contributed by atoms with E-state index in [1.807, 2.05) is 53.4 Å². The van der Waals surface area contributed by atoms with Gasteiger partial charge in [-0.05, 0) is 71.6 Å². The zero-order valence-corrected chi connectivity index (χ0v) is 26.7. The Morgan fingerprint density at radius 3 is 2.17 bits per heavy atom. The van der Waals surface area contributed by atoms with Gasteiger partial charge in [0, 0.05) is 58.4 Å². The molecule has 0 aromatic heterocycles. The molecule has 0 spiro atoms. The highest BCUT2D eigenvalue weighted by molar-refractivity contribution is 5.91. The number of fused-ring (bicyclic) bond motifs is 1. The van der Waals surface area contributed by atoms with Crippen LogP contribution in [0.5, 0.6) is 11.5 Å². The zero-order chi connectivity index (χ0) is 31.6. The fourth-order valence-corrected chi connectivity index (χ4v) is 5.90. The summed E-state index contributed by atoms with van der Waals surface area (Å²) in [5, 5.41) is 3.52. The van der Waals surface area contributed by atoms with E-state index in [9.17, 15) is 4.79 Å². The van der Waals surface area contributed by atoms with E-state index in [1.54, 1.807) is 6.08 Å². The van der Waals surface area contributed by atoms with Gasteiger partial charge in [-0.15, -0.1) is 0 Å². The molecule has 1 saturated heterocycles. The summed E-state index contributed by atoms with van der Waals surface area (Å²) >= 11 is 0. The molecule has 2 heterocycles. The van der Waals surface area contributed by atoms with Crippen LogP contribution in [0, 0.1) is 0 Å². The first-order valence-electron chi connectivity index (χ1n) is 16.3. The molecule has 6 rings (SSSR count). The van der Waals surface area contributed by atoms with E-state index in [-0.39, 0.29) is 5.91 Å². The smallest absolute Gasteiger partial charge is 0.246 e. The minimum absolute atomic E-state index is 0.0500. The molecule has 238 valence electrons. The van der Waals surface area contributed by atoms with Gasteiger partial charge in [-0.2, -0.15) is 0 Å². The van der Waals surface area contributed by atoms with Gasteiger partial charge in [0.25, 0.3) is 0 Å². The van der Waals surface area contributed by atoms with Crippen LogP contribution in [0.1, 0.15) is 28.7 Å². The molecular formula is C39H44N4O3. The molecule has 0 unspecified atom stereocenters. The maximum absolute atomic E-state index is 13.4. The number of piperazine rings is 1. The number of nitrogens with zero attached hydrogens (tertiary/aromatic N) is 3. The topological polar surface area (TPSA) is 57.3 Å². The maximum Gasteiger partial charge on any atom is 0.246 e. The molecule has 1 fully saturated rings. The summed E-state index contributed by atoms with van der Waals surface area (Å²) in [6.07, 6.45) is 4.59. The van der Waals surface area contributed by atoms with Crippen LogP contribution in [0.3, 0.4) is 0 Å². The van der Waals surface area contributed by atoms with Gasteiger partial charge in [0.2, 0.25) is 12.7 Å². The summed E-state index contributed by atoms with van der Waals surface area (Å²) in [6, 6.07) is 33.4. The number of amides is 1. The predicted molar refractivity (Wildman–Crippen MR) is 184 cm³/mol. The number of likely N-dealkylation sites (N-methyl/N-ethyl adjacent to an activating group) is 1. The van der Waals surface area contributed by atoms with Gasteiger partial charge < -0.3 is 29.5 Å². The van der Waals surface area contributed by atoms with Crippen LogP contribution in [0.15, 0.2) is 103 Å². The molecular weight excluding hydrogens is 572 g/mol. The predicted octanol–water partition coefficient (Wildman–Crippen LogP) is 6.05. The third-order valence-corrected chi connectivity index (χ3v) is 8.74. The fourth-order valence-electron chi connectivity index (χ4n) is 5.90. The Hall–Kier alpha value is -4.43. The van der Waals surface area contributed by atoms with E-state index in [2.05, 4.69) is 76.8 Å². The van der Waals surface area contributed by atoms with Gasteiger partial charge in [-0.25, -0.2) is 0 Å². The van der Waals surface area contributed by atoms with Gasteiger partial charge >= 0.3 is 0 Å². The summed E-state index contributed by atoms with van der Waals surface area (Å²) in [5.41, 5.74) is 6.91. The second-order valence-corrected chi connectivity index (χ2v) is 12.2. The van der Waals surface area contributed by atoms with Crippen LogP contribution in [0.2, 0.25) is 0 Å². The molecule has 1 N–H and O–H groups in total. The summed E-state index contributed by atoms with van der Waals surface area (Å²) in [5.74, 6) is 1.68. The van der Waals surface area contributed by atoms with E-state index in [0.717, 1.165) is 81.4 Å². The van der Waals surface area contributed by atoms with Gasteiger partial charge in [0.1, 0.15) is 0 Å². The number of rotatable bonds is 13. The highest BCUT2D eigenvalue weighted by Gasteiger charge is 2.16.